The van der Waals surface area contributed by atoms with Gasteiger partial charge in [-0.25, -0.2) is 9.97 Å². The largest absolute Gasteiger partial charge is 0.481 e. The molecule has 8 nitrogen and oxygen atoms in total. The number of ether oxygens (including phenoxy) is 1. The van der Waals surface area contributed by atoms with E-state index in [9.17, 15) is 0 Å². The molecule has 21 heavy (non-hydrogen) atoms. The number of nitrogens with zero attached hydrogens (tertiary/aromatic N) is 7. The molecule has 0 atom stereocenters. The standard InChI is InChI=1S/C13H19N7O/c1-18-11(15-10-16-18)9-19-5-7-20(8-6-19)13-14-4-3-12(17-13)21-2/h3-4,10H,5-9H2,1-2H3. The summed E-state index contributed by atoms with van der Waals surface area (Å²) >= 11 is 0. The summed E-state index contributed by atoms with van der Waals surface area (Å²) in [7, 11) is 3.54. The molecule has 0 N–H and O–H groups in total. The monoisotopic (exact) mass is 289 g/mol. The van der Waals surface area contributed by atoms with Crippen LogP contribution in [-0.2, 0) is 13.6 Å². The van der Waals surface area contributed by atoms with Crippen LogP contribution in [-0.4, -0.2) is 62.9 Å². The summed E-state index contributed by atoms with van der Waals surface area (Å²) in [4.78, 5) is 17.5. The lowest BCUT2D eigenvalue weighted by atomic mass is 10.3. The van der Waals surface area contributed by atoms with E-state index in [1.165, 1.54) is 0 Å². The fraction of sp³-hybridized carbons (Fsp3) is 0.538. The topological polar surface area (TPSA) is 72.2 Å². The van der Waals surface area contributed by atoms with Gasteiger partial charge in [0.05, 0.1) is 13.7 Å². The summed E-state index contributed by atoms with van der Waals surface area (Å²) in [5.41, 5.74) is 0. The van der Waals surface area contributed by atoms with Crippen molar-refractivity contribution in [2.45, 2.75) is 6.54 Å². The summed E-state index contributed by atoms with van der Waals surface area (Å²) in [6.45, 7) is 4.51. The summed E-state index contributed by atoms with van der Waals surface area (Å²) < 4.78 is 6.96. The second-order valence-corrected chi connectivity index (χ2v) is 4.96. The van der Waals surface area contributed by atoms with Crippen LogP contribution in [0.15, 0.2) is 18.6 Å². The van der Waals surface area contributed by atoms with Crippen molar-refractivity contribution in [2.75, 3.05) is 38.2 Å². The average Bonchev–Trinajstić information content (AvgIpc) is 2.93. The molecule has 3 heterocycles. The van der Waals surface area contributed by atoms with Crippen molar-refractivity contribution in [1.29, 1.82) is 0 Å². The molecular weight excluding hydrogens is 270 g/mol. The van der Waals surface area contributed by atoms with E-state index in [4.69, 9.17) is 4.74 Å². The Morgan fingerprint density at radius 2 is 2.00 bits per heavy atom. The maximum atomic E-state index is 5.14. The van der Waals surface area contributed by atoms with Gasteiger partial charge in [-0.15, -0.1) is 0 Å². The van der Waals surface area contributed by atoms with Gasteiger partial charge in [0, 0.05) is 45.5 Å². The molecule has 112 valence electrons. The van der Waals surface area contributed by atoms with E-state index in [0.717, 1.165) is 44.5 Å². The quantitative estimate of drug-likeness (QED) is 0.780. The van der Waals surface area contributed by atoms with Gasteiger partial charge in [0.2, 0.25) is 11.8 Å². The first kappa shape index (κ1) is 13.7. The molecule has 1 aliphatic rings. The molecule has 3 rings (SSSR count). The van der Waals surface area contributed by atoms with Crippen LogP contribution in [0.5, 0.6) is 5.88 Å². The van der Waals surface area contributed by atoms with Crippen LogP contribution in [0.25, 0.3) is 0 Å². The van der Waals surface area contributed by atoms with Crippen molar-refractivity contribution in [2.24, 2.45) is 7.05 Å². The Kier molecular flexibility index (Phi) is 3.96. The zero-order chi connectivity index (χ0) is 14.7. The molecule has 2 aromatic heterocycles. The van der Waals surface area contributed by atoms with E-state index in [-0.39, 0.29) is 0 Å². The van der Waals surface area contributed by atoms with Crippen LogP contribution in [0.2, 0.25) is 0 Å². The van der Waals surface area contributed by atoms with Crippen molar-refractivity contribution in [3.63, 3.8) is 0 Å². The van der Waals surface area contributed by atoms with Crippen molar-refractivity contribution >= 4 is 5.95 Å². The fourth-order valence-corrected chi connectivity index (χ4v) is 2.37. The normalized spacial score (nSPS) is 16.2. The van der Waals surface area contributed by atoms with Crippen LogP contribution in [0.4, 0.5) is 5.95 Å². The van der Waals surface area contributed by atoms with Gasteiger partial charge in [-0.3, -0.25) is 9.58 Å². The highest BCUT2D eigenvalue weighted by molar-refractivity contribution is 5.32. The number of anilines is 1. The third kappa shape index (κ3) is 3.10. The Labute approximate surface area is 123 Å². The van der Waals surface area contributed by atoms with Crippen molar-refractivity contribution < 1.29 is 4.74 Å². The Morgan fingerprint density at radius 1 is 1.19 bits per heavy atom. The Morgan fingerprint density at radius 3 is 2.67 bits per heavy atom. The van der Waals surface area contributed by atoms with Gasteiger partial charge in [-0.2, -0.15) is 10.1 Å². The fourth-order valence-electron chi connectivity index (χ4n) is 2.37. The van der Waals surface area contributed by atoms with E-state index < -0.39 is 0 Å². The molecule has 0 unspecified atom stereocenters. The summed E-state index contributed by atoms with van der Waals surface area (Å²) in [5, 5.41) is 4.10. The zero-order valence-electron chi connectivity index (χ0n) is 12.3. The minimum absolute atomic E-state index is 0.599. The first-order valence-corrected chi connectivity index (χ1v) is 6.93. The molecule has 0 bridgehead atoms. The minimum Gasteiger partial charge on any atom is -0.481 e. The second kappa shape index (κ2) is 6.04. The van der Waals surface area contributed by atoms with Crippen molar-refractivity contribution in [3.8, 4) is 5.88 Å². The number of piperazine rings is 1. The molecule has 1 saturated heterocycles. The van der Waals surface area contributed by atoms with Crippen LogP contribution >= 0.6 is 0 Å². The maximum Gasteiger partial charge on any atom is 0.228 e. The van der Waals surface area contributed by atoms with Gasteiger partial charge in [-0.05, 0) is 0 Å². The minimum atomic E-state index is 0.599. The van der Waals surface area contributed by atoms with Gasteiger partial charge in [0.15, 0.2) is 0 Å². The van der Waals surface area contributed by atoms with Crippen LogP contribution in [0, 0.1) is 0 Å². The molecule has 0 aromatic carbocycles. The molecule has 1 fully saturated rings. The maximum absolute atomic E-state index is 5.14. The molecule has 1 aliphatic heterocycles. The van der Waals surface area contributed by atoms with Crippen LogP contribution < -0.4 is 9.64 Å². The van der Waals surface area contributed by atoms with E-state index >= 15 is 0 Å². The molecule has 8 heteroatoms. The van der Waals surface area contributed by atoms with Gasteiger partial charge in [0.25, 0.3) is 0 Å². The Balaban J connectivity index is 1.58. The number of rotatable bonds is 4. The van der Waals surface area contributed by atoms with Crippen LogP contribution in [0.1, 0.15) is 5.82 Å². The van der Waals surface area contributed by atoms with Gasteiger partial charge in [0.1, 0.15) is 12.2 Å². The third-order valence-electron chi connectivity index (χ3n) is 3.65. The first-order chi connectivity index (χ1) is 10.3. The Hall–Kier alpha value is -2.22. The lowest BCUT2D eigenvalue weighted by Gasteiger charge is -2.34. The SMILES string of the molecule is COc1ccnc(N2CCN(Cc3ncnn3C)CC2)n1. The van der Waals surface area contributed by atoms with Crippen molar-refractivity contribution in [1.82, 2.24) is 29.6 Å². The number of aromatic nitrogens is 5. The highest BCUT2D eigenvalue weighted by Gasteiger charge is 2.20. The van der Waals surface area contributed by atoms with Gasteiger partial charge in [-0.1, -0.05) is 0 Å². The lowest BCUT2D eigenvalue weighted by Crippen LogP contribution is -2.46. The average molecular weight is 289 g/mol. The molecular formula is C13H19N7O. The zero-order valence-corrected chi connectivity index (χ0v) is 12.3. The predicted molar refractivity (Wildman–Crippen MR) is 77.1 cm³/mol. The van der Waals surface area contributed by atoms with E-state index in [1.807, 2.05) is 11.7 Å². The van der Waals surface area contributed by atoms with E-state index in [0.29, 0.717) is 5.88 Å². The number of hydrogen-bond acceptors (Lipinski definition) is 7. The summed E-state index contributed by atoms with van der Waals surface area (Å²) in [6.07, 6.45) is 3.32. The Bertz CT molecular complexity index is 592. The molecule has 0 spiro atoms. The summed E-state index contributed by atoms with van der Waals surface area (Å²) in [5.74, 6) is 2.32. The lowest BCUT2D eigenvalue weighted by molar-refractivity contribution is 0.239. The predicted octanol–water partition coefficient (Wildman–Crippen LogP) is -0.0641. The number of methoxy groups -OCH3 is 1. The molecule has 0 saturated carbocycles. The van der Waals surface area contributed by atoms with Crippen molar-refractivity contribution in [3.05, 3.63) is 24.4 Å². The second-order valence-electron chi connectivity index (χ2n) is 4.96. The molecule has 0 aliphatic carbocycles. The van der Waals surface area contributed by atoms with Crippen LogP contribution in [0.3, 0.4) is 0 Å². The summed E-state index contributed by atoms with van der Waals surface area (Å²) in [6, 6.07) is 1.76. The highest BCUT2D eigenvalue weighted by Crippen LogP contribution is 2.15. The smallest absolute Gasteiger partial charge is 0.228 e. The third-order valence-corrected chi connectivity index (χ3v) is 3.65. The molecule has 0 amide bonds. The van der Waals surface area contributed by atoms with E-state index in [1.54, 1.807) is 25.7 Å². The van der Waals surface area contributed by atoms with Gasteiger partial charge >= 0.3 is 0 Å². The molecule has 2 aromatic rings. The van der Waals surface area contributed by atoms with E-state index in [2.05, 4.69) is 29.9 Å². The molecule has 0 radical (unpaired) electrons. The number of aryl methyl sites for hydroxylation is 1. The van der Waals surface area contributed by atoms with Gasteiger partial charge < -0.3 is 9.64 Å². The first-order valence-electron chi connectivity index (χ1n) is 6.93. The highest BCUT2D eigenvalue weighted by atomic mass is 16.5. The number of hydrogen-bond donors (Lipinski definition) is 0.